The van der Waals surface area contributed by atoms with E-state index in [9.17, 15) is 24.3 Å². The summed E-state index contributed by atoms with van der Waals surface area (Å²) in [4.78, 5) is 57.5. The first-order valence-electron chi connectivity index (χ1n) is 15.6. The highest BCUT2D eigenvalue weighted by Crippen LogP contribution is 2.44. The maximum Gasteiger partial charge on any atom is 0.410 e. The van der Waals surface area contributed by atoms with E-state index in [0.717, 1.165) is 73.6 Å². The number of nitrogens with zero attached hydrogens (tertiary/aromatic N) is 3. The number of amides is 3. The van der Waals surface area contributed by atoms with Crippen LogP contribution in [-0.4, -0.2) is 89.6 Å². The second-order valence-electron chi connectivity index (χ2n) is 12.2. The van der Waals surface area contributed by atoms with Crippen LogP contribution >= 0.6 is 0 Å². The van der Waals surface area contributed by atoms with Crippen LogP contribution in [0.4, 0.5) is 4.79 Å². The number of likely N-dealkylation sites (N-methyl/N-ethyl adjacent to an activating group) is 2. The van der Waals surface area contributed by atoms with Crippen LogP contribution in [-0.2, 0) is 19.1 Å². The van der Waals surface area contributed by atoms with E-state index in [1.165, 1.54) is 16.8 Å². The Labute approximate surface area is 253 Å². The van der Waals surface area contributed by atoms with Crippen LogP contribution < -0.4 is 0 Å². The minimum Gasteiger partial charge on any atom is -0.481 e. The molecule has 230 valence electrons. The molecule has 2 aromatic rings. The summed E-state index contributed by atoms with van der Waals surface area (Å²) in [5.41, 5.74) is 4.47. The van der Waals surface area contributed by atoms with Crippen molar-refractivity contribution >= 4 is 23.9 Å². The molecule has 1 saturated heterocycles. The molecule has 0 spiro atoms. The van der Waals surface area contributed by atoms with Crippen LogP contribution in [0.15, 0.2) is 48.5 Å². The monoisotopic (exact) mass is 589 g/mol. The number of hydrogen-bond acceptors (Lipinski definition) is 5. The smallest absolute Gasteiger partial charge is 0.410 e. The van der Waals surface area contributed by atoms with Crippen molar-refractivity contribution in [2.75, 3.05) is 33.8 Å². The van der Waals surface area contributed by atoms with Crippen molar-refractivity contribution in [1.29, 1.82) is 0 Å². The lowest BCUT2D eigenvalue weighted by molar-refractivity contribution is -0.152. The van der Waals surface area contributed by atoms with E-state index in [2.05, 4.69) is 24.3 Å². The van der Waals surface area contributed by atoms with Crippen molar-refractivity contribution in [1.82, 2.24) is 14.7 Å². The fourth-order valence-electron chi connectivity index (χ4n) is 7.19. The second kappa shape index (κ2) is 13.6. The number of fused-ring (bicyclic) bond motifs is 3. The molecule has 0 bridgehead atoms. The topological polar surface area (TPSA) is 107 Å². The van der Waals surface area contributed by atoms with Gasteiger partial charge in [0, 0.05) is 33.1 Å². The van der Waals surface area contributed by atoms with Gasteiger partial charge >= 0.3 is 12.1 Å². The van der Waals surface area contributed by atoms with Gasteiger partial charge < -0.3 is 19.6 Å². The van der Waals surface area contributed by atoms with Crippen molar-refractivity contribution in [3.05, 3.63) is 59.7 Å². The van der Waals surface area contributed by atoms with E-state index in [1.807, 2.05) is 24.3 Å². The molecule has 2 atom stereocenters. The Morgan fingerprint density at radius 3 is 1.98 bits per heavy atom. The Bertz CT molecular complexity index is 1290. The van der Waals surface area contributed by atoms with Crippen LogP contribution in [0.2, 0.25) is 0 Å². The standard InChI is InChI=1S/C34H43N3O6/c1-35(29(21-30(38)39)32(40)37-19-11-4-12-20-37)33(41)31(23-13-5-3-6-14-23)36(2)34(42)43-22-28-26-17-9-7-15-24(26)25-16-8-10-18-27(25)28/h7-10,15-18,23,28-29,31H,3-6,11-14,19-22H2,1-2H3,(H,38,39)/t29-,31-/m0/s1. The molecule has 43 heavy (non-hydrogen) atoms. The Morgan fingerprint density at radius 2 is 1.40 bits per heavy atom. The number of ether oxygens (including phenoxy) is 1. The normalized spacial score (nSPS) is 18.2. The Kier molecular flexibility index (Phi) is 9.68. The van der Waals surface area contributed by atoms with Gasteiger partial charge in [-0.25, -0.2) is 4.79 Å². The summed E-state index contributed by atoms with van der Waals surface area (Å²) < 4.78 is 5.92. The van der Waals surface area contributed by atoms with Crippen molar-refractivity contribution in [3.8, 4) is 11.1 Å². The van der Waals surface area contributed by atoms with Crippen LogP contribution in [0.1, 0.15) is 74.8 Å². The fraction of sp³-hybridized carbons (Fsp3) is 0.529. The predicted octanol–water partition coefficient (Wildman–Crippen LogP) is 5.13. The number of hydrogen-bond donors (Lipinski definition) is 1. The minimum atomic E-state index is -1.14. The van der Waals surface area contributed by atoms with Crippen LogP contribution in [0.5, 0.6) is 0 Å². The van der Waals surface area contributed by atoms with Gasteiger partial charge in [-0.05, 0) is 60.3 Å². The molecule has 3 amide bonds. The van der Waals surface area contributed by atoms with Crippen LogP contribution in [0, 0.1) is 5.92 Å². The summed E-state index contributed by atoms with van der Waals surface area (Å²) in [5.74, 6) is -2.12. The highest BCUT2D eigenvalue weighted by molar-refractivity contribution is 5.93. The van der Waals surface area contributed by atoms with Gasteiger partial charge in [-0.15, -0.1) is 0 Å². The zero-order valence-electron chi connectivity index (χ0n) is 25.2. The minimum absolute atomic E-state index is 0.107. The third-order valence-corrected chi connectivity index (χ3v) is 9.53. The maximum absolute atomic E-state index is 14.2. The van der Waals surface area contributed by atoms with Crippen molar-refractivity contribution in [2.24, 2.45) is 5.92 Å². The summed E-state index contributed by atoms with van der Waals surface area (Å²) in [5, 5.41) is 9.67. The average molecular weight is 590 g/mol. The van der Waals surface area contributed by atoms with Gasteiger partial charge in [0.15, 0.2) is 0 Å². The molecule has 1 saturated carbocycles. The van der Waals surface area contributed by atoms with Crippen molar-refractivity contribution < 1.29 is 29.0 Å². The summed E-state index contributed by atoms with van der Waals surface area (Å²) in [6.45, 7) is 1.25. The summed E-state index contributed by atoms with van der Waals surface area (Å²) in [6, 6.07) is 14.3. The van der Waals surface area contributed by atoms with Gasteiger partial charge in [-0.3, -0.25) is 19.3 Å². The quantitative estimate of drug-likeness (QED) is 0.435. The highest BCUT2D eigenvalue weighted by Gasteiger charge is 2.42. The molecule has 5 rings (SSSR count). The highest BCUT2D eigenvalue weighted by atomic mass is 16.6. The predicted molar refractivity (Wildman–Crippen MR) is 162 cm³/mol. The summed E-state index contributed by atoms with van der Waals surface area (Å²) in [6.07, 6.45) is 6.17. The molecule has 1 N–H and O–H groups in total. The largest absolute Gasteiger partial charge is 0.481 e. The van der Waals surface area contributed by atoms with E-state index in [0.29, 0.717) is 13.1 Å². The van der Waals surface area contributed by atoms with Gasteiger partial charge in [-0.1, -0.05) is 67.8 Å². The maximum atomic E-state index is 14.2. The summed E-state index contributed by atoms with van der Waals surface area (Å²) in [7, 11) is 3.09. The number of piperidine rings is 1. The number of likely N-dealkylation sites (tertiary alicyclic amines) is 1. The van der Waals surface area contributed by atoms with Crippen LogP contribution in [0.25, 0.3) is 11.1 Å². The summed E-state index contributed by atoms with van der Waals surface area (Å²) >= 11 is 0. The van der Waals surface area contributed by atoms with E-state index in [1.54, 1.807) is 11.9 Å². The number of benzene rings is 2. The van der Waals surface area contributed by atoms with Gasteiger partial charge in [0.2, 0.25) is 11.8 Å². The number of aliphatic carboxylic acids is 1. The van der Waals surface area contributed by atoms with Crippen molar-refractivity contribution in [2.45, 2.75) is 75.8 Å². The number of carboxylic acid groups (broad SMARTS) is 1. The molecular weight excluding hydrogens is 546 g/mol. The second-order valence-corrected chi connectivity index (χ2v) is 12.2. The molecule has 2 fully saturated rings. The lowest BCUT2D eigenvalue weighted by Gasteiger charge is -2.40. The Balaban J connectivity index is 1.35. The van der Waals surface area contributed by atoms with Crippen LogP contribution in [0.3, 0.4) is 0 Å². The van der Waals surface area contributed by atoms with E-state index in [-0.39, 0.29) is 24.3 Å². The molecule has 9 nitrogen and oxygen atoms in total. The Hall–Kier alpha value is -3.88. The lowest BCUT2D eigenvalue weighted by atomic mass is 9.82. The molecule has 2 aliphatic carbocycles. The first-order chi connectivity index (χ1) is 20.8. The molecule has 2 aromatic carbocycles. The van der Waals surface area contributed by atoms with E-state index < -0.39 is 36.5 Å². The molecule has 0 radical (unpaired) electrons. The fourth-order valence-corrected chi connectivity index (χ4v) is 7.19. The zero-order valence-corrected chi connectivity index (χ0v) is 25.2. The Morgan fingerprint density at radius 1 is 0.837 bits per heavy atom. The SMILES string of the molecule is CN(C(=O)OCC1c2ccccc2-c2ccccc21)[C@H](C(=O)N(C)[C@@H](CC(=O)O)C(=O)N1CCCCC1)C1CCCCC1. The average Bonchev–Trinajstić information content (AvgIpc) is 3.36. The first kappa shape index (κ1) is 30.6. The third kappa shape index (κ3) is 6.55. The molecule has 3 aliphatic rings. The molecule has 1 aliphatic heterocycles. The van der Waals surface area contributed by atoms with E-state index in [4.69, 9.17) is 4.74 Å². The van der Waals surface area contributed by atoms with E-state index >= 15 is 0 Å². The number of carbonyl (C=O) groups is 4. The number of carbonyl (C=O) groups excluding carboxylic acids is 3. The molecule has 1 heterocycles. The van der Waals surface area contributed by atoms with Crippen molar-refractivity contribution in [3.63, 3.8) is 0 Å². The van der Waals surface area contributed by atoms with Gasteiger partial charge in [-0.2, -0.15) is 0 Å². The third-order valence-electron chi connectivity index (χ3n) is 9.53. The zero-order chi connectivity index (χ0) is 30.5. The lowest BCUT2D eigenvalue weighted by Crippen LogP contribution is -2.58. The molecule has 0 aromatic heterocycles. The van der Waals surface area contributed by atoms with Gasteiger partial charge in [0.25, 0.3) is 0 Å². The number of rotatable bonds is 9. The number of carboxylic acids is 1. The molecular formula is C34H43N3O6. The first-order valence-corrected chi connectivity index (χ1v) is 15.6. The van der Waals surface area contributed by atoms with Gasteiger partial charge in [0.05, 0.1) is 6.42 Å². The van der Waals surface area contributed by atoms with Gasteiger partial charge in [0.1, 0.15) is 18.7 Å². The molecule has 0 unspecified atom stereocenters. The molecule has 9 heteroatoms.